The minimum Gasteiger partial charge on any atom is -0.444 e. The third-order valence-electron chi connectivity index (χ3n) is 3.46. The van der Waals surface area contributed by atoms with Crippen LogP contribution in [0.25, 0.3) is 11.1 Å². The van der Waals surface area contributed by atoms with E-state index in [-0.39, 0.29) is 12.1 Å². The molecule has 1 aliphatic rings. The molecule has 1 fully saturated rings. The fraction of sp³-hybridized carbons (Fsp3) is 0.500. The molecule has 0 saturated carbocycles. The molecule has 0 bridgehead atoms. The van der Waals surface area contributed by atoms with Gasteiger partial charge in [-0.2, -0.15) is 4.98 Å². The first-order chi connectivity index (χ1) is 10.4. The molecule has 0 aliphatic carbocycles. The van der Waals surface area contributed by atoms with E-state index in [1.165, 1.54) is 0 Å². The lowest BCUT2D eigenvalue weighted by Gasteiger charge is -2.21. The summed E-state index contributed by atoms with van der Waals surface area (Å²) in [5.41, 5.74) is 1.14. The third-order valence-corrected chi connectivity index (χ3v) is 3.46. The maximum Gasteiger partial charge on any atom is 0.407 e. The fourth-order valence-electron chi connectivity index (χ4n) is 2.52. The summed E-state index contributed by atoms with van der Waals surface area (Å²) in [6.45, 7) is 7.03. The Balaban J connectivity index is 1.61. The number of hydrogen-bond donors (Lipinski definition) is 1. The van der Waals surface area contributed by atoms with E-state index < -0.39 is 5.60 Å². The monoisotopic (exact) mass is 303 g/mol. The van der Waals surface area contributed by atoms with Crippen LogP contribution < -0.4 is 10.2 Å². The number of alkyl carbamates (subject to hydrolysis) is 1. The number of oxazole rings is 1. The topological polar surface area (TPSA) is 67.6 Å². The third kappa shape index (κ3) is 3.32. The Kier molecular flexibility index (Phi) is 3.68. The first-order valence-electron chi connectivity index (χ1n) is 7.51. The number of aromatic nitrogens is 1. The van der Waals surface area contributed by atoms with Crippen LogP contribution in [0.5, 0.6) is 0 Å². The standard InChI is InChI=1S/C16H21N3O3/c1-16(2,3)22-15(20)17-11-8-9-19(10-11)14-18-12-6-4-5-7-13(12)21-14/h4-7,11H,8-10H2,1-3H3,(H,17,20). The van der Waals surface area contributed by atoms with Gasteiger partial charge in [0.15, 0.2) is 5.58 Å². The molecular formula is C16H21N3O3. The molecule has 1 amide bonds. The van der Waals surface area contributed by atoms with Gasteiger partial charge in [0.1, 0.15) is 11.1 Å². The van der Waals surface area contributed by atoms with Gasteiger partial charge in [-0.15, -0.1) is 0 Å². The summed E-state index contributed by atoms with van der Waals surface area (Å²) in [6.07, 6.45) is 0.467. The highest BCUT2D eigenvalue weighted by molar-refractivity contribution is 5.74. The number of ether oxygens (including phenoxy) is 1. The molecule has 0 spiro atoms. The van der Waals surface area contributed by atoms with Crippen molar-refractivity contribution in [2.24, 2.45) is 0 Å². The molecule has 118 valence electrons. The number of hydrogen-bond acceptors (Lipinski definition) is 5. The Morgan fingerprint density at radius 2 is 2.18 bits per heavy atom. The van der Waals surface area contributed by atoms with E-state index in [0.29, 0.717) is 12.6 Å². The number of nitrogens with zero attached hydrogens (tertiary/aromatic N) is 2. The van der Waals surface area contributed by atoms with Crippen LogP contribution in [0.4, 0.5) is 10.8 Å². The quantitative estimate of drug-likeness (QED) is 0.924. The number of amides is 1. The minimum atomic E-state index is -0.483. The molecule has 3 rings (SSSR count). The van der Waals surface area contributed by atoms with Crippen molar-refractivity contribution in [2.75, 3.05) is 18.0 Å². The molecule has 0 radical (unpaired) electrons. The van der Waals surface area contributed by atoms with Gasteiger partial charge in [-0.1, -0.05) is 12.1 Å². The molecular weight excluding hydrogens is 282 g/mol. The summed E-state index contributed by atoms with van der Waals surface area (Å²) in [4.78, 5) is 18.3. The lowest BCUT2D eigenvalue weighted by atomic mass is 10.2. The smallest absolute Gasteiger partial charge is 0.407 e. The van der Waals surface area contributed by atoms with E-state index in [2.05, 4.69) is 10.3 Å². The highest BCUT2D eigenvalue weighted by Gasteiger charge is 2.28. The van der Waals surface area contributed by atoms with Crippen LogP contribution >= 0.6 is 0 Å². The Hall–Kier alpha value is -2.24. The van der Waals surface area contributed by atoms with Gasteiger partial charge in [0.05, 0.1) is 6.04 Å². The van der Waals surface area contributed by atoms with Gasteiger partial charge in [-0.3, -0.25) is 0 Å². The van der Waals surface area contributed by atoms with E-state index in [9.17, 15) is 4.79 Å². The van der Waals surface area contributed by atoms with Gasteiger partial charge in [0, 0.05) is 13.1 Å². The number of rotatable bonds is 2. The number of fused-ring (bicyclic) bond motifs is 1. The molecule has 1 atom stereocenters. The molecule has 1 saturated heterocycles. The molecule has 2 aromatic rings. The lowest BCUT2D eigenvalue weighted by Crippen LogP contribution is -2.40. The van der Waals surface area contributed by atoms with Crippen LogP contribution in [-0.2, 0) is 4.74 Å². The summed E-state index contributed by atoms with van der Waals surface area (Å²) in [7, 11) is 0. The first-order valence-corrected chi connectivity index (χ1v) is 7.51. The van der Waals surface area contributed by atoms with Gasteiger partial charge in [0.2, 0.25) is 0 Å². The number of benzene rings is 1. The number of para-hydroxylation sites is 2. The normalized spacial score (nSPS) is 18.7. The van der Waals surface area contributed by atoms with Gasteiger partial charge < -0.3 is 19.4 Å². The number of anilines is 1. The highest BCUT2D eigenvalue weighted by Crippen LogP contribution is 2.24. The predicted octanol–water partition coefficient (Wildman–Crippen LogP) is 2.93. The van der Waals surface area contributed by atoms with Crippen molar-refractivity contribution in [3.05, 3.63) is 24.3 Å². The Morgan fingerprint density at radius 1 is 1.41 bits per heavy atom. The molecule has 6 nitrogen and oxygen atoms in total. The number of carbonyl (C=O) groups excluding carboxylic acids is 1. The summed E-state index contributed by atoms with van der Waals surface area (Å²) in [6, 6.07) is 8.34. The van der Waals surface area contributed by atoms with Crippen molar-refractivity contribution in [2.45, 2.75) is 38.8 Å². The van der Waals surface area contributed by atoms with Gasteiger partial charge in [0.25, 0.3) is 6.01 Å². The van der Waals surface area contributed by atoms with Crippen molar-refractivity contribution in [3.8, 4) is 0 Å². The summed E-state index contributed by atoms with van der Waals surface area (Å²) in [5, 5.41) is 2.90. The number of carbonyl (C=O) groups is 1. The van der Waals surface area contributed by atoms with Gasteiger partial charge >= 0.3 is 6.09 Å². The SMILES string of the molecule is CC(C)(C)OC(=O)NC1CCN(c2nc3ccccc3o2)C1. The highest BCUT2D eigenvalue weighted by atomic mass is 16.6. The van der Waals surface area contributed by atoms with Crippen molar-refractivity contribution >= 4 is 23.2 Å². The predicted molar refractivity (Wildman–Crippen MR) is 84.0 cm³/mol. The maximum absolute atomic E-state index is 11.8. The van der Waals surface area contributed by atoms with Crippen LogP contribution in [-0.4, -0.2) is 35.8 Å². The zero-order valence-electron chi connectivity index (χ0n) is 13.1. The molecule has 1 aliphatic heterocycles. The number of nitrogens with one attached hydrogen (secondary N) is 1. The Morgan fingerprint density at radius 3 is 2.91 bits per heavy atom. The van der Waals surface area contributed by atoms with Crippen LogP contribution in [0.15, 0.2) is 28.7 Å². The first kappa shape index (κ1) is 14.7. The van der Waals surface area contributed by atoms with Crippen LogP contribution in [0.2, 0.25) is 0 Å². The molecule has 6 heteroatoms. The fourth-order valence-corrected chi connectivity index (χ4v) is 2.52. The van der Waals surface area contributed by atoms with Gasteiger partial charge in [-0.25, -0.2) is 4.79 Å². The lowest BCUT2D eigenvalue weighted by molar-refractivity contribution is 0.0509. The van der Waals surface area contributed by atoms with Crippen LogP contribution in [0, 0.1) is 0 Å². The van der Waals surface area contributed by atoms with Crippen molar-refractivity contribution in [1.29, 1.82) is 0 Å². The molecule has 22 heavy (non-hydrogen) atoms. The summed E-state index contributed by atoms with van der Waals surface area (Å²) < 4.78 is 11.0. The largest absolute Gasteiger partial charge is 0.444 e. The average molecular weight is 303 g/mol. The Bertz CT molecular complexity index is 642. The van der Waals surface area contributed by atoms with Gasteiger partial charge in [-0.05, 0) is 39.3 Å². The maximum atomic E-state index is 11.8. The molecule has 2 heterocycles. The zero-order chi connectivity index (χ0) is 15.7. The second kappa shape index (κ2) is 5.51. The minimum absolute atomic E-state index is 0.0462. The van der Waals surface area contributed by atoms with E-state index in [4.69, 9.17) is 9.15 Å². The van der Waals surface area contributed by atoms with E-state index >= 15 is 0 Å². The molecule has 1 unspecified atom stereocenters. The van der Waals surface area contributed by atoms with Crippen LogP contribution in [0.3, 0.4) is 0 Å². The molecule has 1 aromatic carbocycles. The second-order valence-corrected chi connectivity index (χ2v) is 6.54. The second-order valence-electron chi connectivity index (χ2n) is 6.54. The summed E-state index contributed by atoms with van der Waals surface area (Å²) in [5.74, 6) is 0. The van der Waals surface area contributed by atoms with Crippen molar-refractivity contribution in [3.63, 3.8) is 0 Å². The molecule has 1 N–H and O–H groups in total. The van der Waals surface area contributed by atoms with Crippen molar-refractivity contribution < 1.29 is 13.9 Å². The van der Waals surface area contributed by atoms with E-state index in [1.54, 1.807) is 0 Å². The van der Waals surface area contributed by atoms with Crippen molar-refractivity contribution in [1.82, 2.24) is 10.3 Å². The van der Waals surface area contributed by atoms with E-state index in [0.717, 1.165) is 24.1 Å². The average Bonchev–Trinajstić information content (AvgIpc) is 3.01. The van der Waals surface area contributed by atoms with E-state index in [1.807, 2.05) is 49.9 Å². The van der Waals surface area contributed by atoms with Crippen LogP contribution in [0.1, 0.15) is 27.2 Å². The zero-order valence-corrected chi connectivity index (χ0v) is 13.1. The Labute approximate surface area is 129 Å². The molecule has 1 aromatic heterocycles. The summed E-state index contributed by atoms with van der Waals surface area (Å²) >= 11 is 0.